The van der Waals surface area contributed by atoms with E-state index in [2.05, 4.69) is 31.0 Å². The Morgan fingerprint density at radius 1 is 1.12 bits per heavy atom. The molecule has 2 heterocycles. The highest BCUT2D eigenvalue weighted by molar-refractivity contribution is 5.88. The maximum atomic E-state index is 11.2. The van der Waals surface area contributed by atoms with Gasteiger partial charge in [-0.3, -0.25) is 4.40 Å². The van der Waals surface area contributed by atoms with Crippen LogP contribution in [-0.4, -0.2) is 20.5 Å². The number of carboxylic acid groups (broad SMARTS) is 1. The lowest BCUT2D eigenvalue weighted by Crippen LogP contribution is -2.11. The van der Waals surface area contributed by atoms with Gasteiger partial charge in [0, 0.05) is 11.6 Å². The molecule has 0 aliphatic heterocycles. The zero-order valence-corrected chi connectivity index (χ0v) is 15.6. The van der Waals surface area contributed by atoms with Gasteiger partial charge in [-0.05, 0) is 49.2 Å². The summed E-state index contributed by atoms with van der Waals surface area (Å²) in [7, 11) is 0. The molecule has 0 saturated carbocycles. The van der Waals surface area contributed by atoms with Gasteiger partial charge in [0.25, 0.3) is 0 Å². The molecule has 26 heavy (non-hydrogen) atoms. The minimum Gasteiger partial charge on any atom is -0.478 e. The molecule has 0 aliphatic carbocycles. The number of carboxylic acids is 1. The molecular formula is C20H22N4O2. The zero-order chi connectivity index (χ0) is 19.1. The summed E-state index contributed by atoms with van der Waals surface area (Å²) in [5.41, 5.74) is 4.17. The molecule has 0 amide bonds. The Hall–Kier alpha value is -3.02. The lowest BCUT2D eigenvalue weighted by molar-refractivity contribution is 0.0697. The third-order valence-electron chi connectivity index (χ3n) is 4.18. The van der Waals surface area contributed by atoms with Crippen LogP contribution in [0, 0.1) is 13.8 Å². The number of hydrogen-bond donors (Lipinski definition) is 1. The fraction of sp³-hybridized carbons (Fsp3) is 0.300. The van der Waals surface area contributed by atoms with Crippen LogP contribution in [-0.2, 0) is 5.41 Å². The third kappa shape index (κ3) is 3.35. The molecule has 0 bridgehead atoms. The molecule has 0 unspecified atom stereocenters. The van der Waals surface area contributed by atoms with Crippen LogP contribution in [0.25, 0.3) is 5.65 Å². The largest absolute Gasteiger partial charge is 0.478 e. The van der Waals surface area contributed by atoms with E-state index in [1.807, 2.05) is 36.6 Å². The van der Waals surface area contributed by atoms with Crippen molar-refractivity contribution in [3.05, 3.63) is 58.9 Å². The van der Waals surface area contributed by atoms with Gasteiger partial charge in [0.15, 0.2) is 5.82 Å². The topological polar surface area (TPSA) is 79.3 Å². The molecule has 134 valence electrons. The standard InChI is InChI=1S/C20H22N4O2/c1-12-8-9-24-16(10-12)21-17(20(3,4)5)18(24)23-22-15-11-14(19(25)26)7-6-13(15)2/h6-11H,1-5H3,(H,25,26). The Morgan fingerprint density at radius 3 is 2.50 bits per heavy atom. The van der Waals surface area contributed by atoms with Crippen molar-refractivity contribution in [2.75, 3.05) is 0 Å². The lowest BCUT2D eigenvalue weighted by Gasteiger charge is -2.15. The van der Waals surface area contributed by atoms with Gasteiger partial charge in [0.2, 0.25) is 0 Å². The number of hydrogen-bond acceptors (Lipinski definition) is 4. The molecule has 1 N–H and O–H groups in total. The van der Waals surface area contributed by atoms with Crippen molar-refractivity contribution in [2.24, 2.45) is 10.2 Å². The van der Waals surface area contributed by atoms with Crippen molar-refractivity contribution < 1.29 is 9.90 Å². The van der Waals surface area contributed by atoms with Crippen LogP contribution in [0.3, 0.4) is 0 Å². The van der Waals surface area contributed by atoms with Gasteiger partial charge in [-0.1, -0.05) is 26.8 Å². The first-order valence-corrected chi connectivity index (χ1v) is 8.41. The molecule has 0 atom stereocenters. The van der Waals surface area contributed by atoms with Crippen molar-refractivity contribution in [2.45, 2.75) is 40.0 Å². The van der Waals surface area contributed by atoms with Gasteiger partial charge in [-0.2, -0.15) is 0 Å². The number of nitrogens with zero attached hydrogens (tertiary/aromatic N) is 4. The fourth-order valence-corrected chi connectivity index (χ4v) is 2.68. The summed E-state index contributed by atoms with van der Waals surface area (Å²) in [5.74, 6) is -0.324. The normalized spacial score (nSPS) is 12.2. The number of azo groups is 1. The average molecular weight is 350 g/mol. The molecule has 2 aromatic heterocycles. The van der Waals surface area contributed by atoms with Crippen molar-refractivity contribution in [3.63, 3.8) is 0 Å². The Morgan fingerprint density at radius 2 is 1.85 bits per heavy atom. The lowest BCUT2D eigenvalue weighted by atomic mass is 9.92. The number of benzene rings is 1. The van der Waals surface area contributed by atoms with E-state index in [0.717, 1.165) is 22.5 Å². The van der Waals surface area contributed by atoms with E-state index >= 15 is 0 Å². The predicted molar refractivity (Wildman–Crippen MR) is 101 cm³/mol. The van der Waals surface area contributed by atoms with Crippen LogP contribution >= 0.6 is 0 Å². The average Bonchev–Trinajstić information content (AvgIpc) is 2.91. The van der Waals surface area contributed by atoms with E-state index in [1.54, 1.807) is 12.1 Å². The van der Waals surface area contributed by atoms with Crippen LogP contribution < -0.4 is 0 Å². The number of aryl methyl sites for hydroxylation is 2. The Balaban J connectivity index is 2.15. The smallest absolute Gasteiger partial charge is 0.335 e. The van der Waals surface area contributed by atoms with Crippen LogP contribution in [0.2, 0.25) is 0 Å². The highest BCUT2D eigenvalue weighted by Crippen LogP contribution is 2.33. The monoisotopic (exact) mass is 350 g/mol. The summed E-state index contributed by atoms with van der Waals surface area (Å²) in [6.07, 6.45) is 1.93. The SMILES string of the molecule is Cc1ccn2c(N=Nc3cc(C(=O)O)ccc3C)c(C(C)(C)C)nc2c1. The molecule has 6 heteroatoms. The maximum absolute atomic E-state index is 11.2. The molecule has 0 saturated heterocycles. The highest BCUT2D eigenvalue weighted by Gasteiger charge is 2.24. The van der Waals surface area contributed by atoms with Gasteiger partial charge < -0.3 is 5.11 Å². The number of aromatic nitrogens is 2. The van der Waals surface area contributed by atoms with Gasteiger partial charge in [0.1, 0.15) is 5.65 Å². The summed E-state index contributed by atoms with van der Waals surface area (Å²) in [6.45, 7) is 10.1. The molecule has 0 radical (unpaired) electrons. The number of rotatable bonds is 3. The van der Waals surface area contributed by atoms with Crippen molar-refractivity contribution >= 4 is 23.1 Å². The second-order valence-corrected chi connectivity index (χ2v) is 7.47. The Kier molecular flexibility index (Phi) is 4.36. The second kappa shape index (κ2) is 6.37. The quantitative estimate of drug-likeness (QED) is 0.646. The van der Waals surface area contributed by atoms with E-state index in [1.165, 1.54) is 6.07 Å². The molecule has 0 fully saturated rings. The summed E-state index contributed by atoms with van der Waals surface area (Å²) in [6, 6.07) is 8.83. The first-order valence-electron chi connectivity index (χ1n) is 8.41. The van der Waals surface area contributed by atoms with Crippen LogP contribution in [0.1, 0.15) is 48.0 Å². The predicted octanol–water partition coefficient (Wildman–Crippen LogP) is 5.36. The van der Waals surface area contributed by atoms with E-state index in [0.29, 0.717) is 11.5 Å². The van der Waals surface area contributed by atoms with Gasteiger partial charge in [-0.15, -0.1) is 10.2 Å². The molecule has 3 aromatic rings. The van der Waals surface area contributed by atoms with Crippen LogP contribution in [0.4, 0.5) is 11.5 Å². The molecule has 6 nitrogen and oxygen atoms in total. The number of aromatic carboxylic acids is 1. The maximum Gasteiger partial charge on any atom is 0.335 e. The van der Waals surface area contributed by atoms with Crippen molar-refractivity contribution in [1.29, 1.82) is 0 Å². The zero-order valence-electron chi connectivity index (χ0n) is 15.6. The summed E-state index contributed by atoms with van der Waals surface area (Å²) >= 11 is 0. The summed E-state index contributed by atoms with van der Waals surface area (Å²) in [5, 5.41) is 18.0. The Bertz CT molecular complexity index is 1030. The number of pyridine rings is 1. The van der Waals surface area contributed by atoms with Gasteiger partial charge >= 0.3 is 5.97 Å². The van der Waals surface area contributed by atoms with Gasteiger partial charge in [-0.25, -0.2) is 9.78 Å². The third-order valence-corrected chi connectivity index (χ3v) is 4.18. The minimum atomic E-state index is -0.984. The van der Waals surface area contributed by atoms with Crippen LogP contribution in [0.5, 0.6) is 0 Å². The molecule has 1 aromatic carbocycles. The van der Waals surface area contributed by atoms with E-state index in [-0.39, 0.29) is 11.0 Å². The first kappa shape index (κ1) is 17.8. The minimum absolute atomic E-state index is 0.189. The fourth-order valence-electron chi connectivity index (χ4n) is 2.68. The Labute approximate surface area is 152 Å². The van der Waals surface area contributed by atoms with Crippen molar-refractivity contribution in [1.82, 2.24) is 9.38 Å². The molecular weight excluding hydrogens is 328 g/mol. The number of imidazole rings is 1. The molecule has 0 aliphatic rings. The molecule has 0 spiro atoms. The van der Waals surface area contributed by atoms with E-state index in [4.69, 9.17) is 4.98 Å². The molecule has 3 rings (SSSR count). The first-order chi connectivity index (χ1) is 12.2. The van der Waals surface area contributed by atoms with E-state index < -0.39 is 5.97 Å². The van der Waals surface area contributed by atoms with E-state index in [9.17, 15) is 9.90 Å². The number of carbonyl (C=O) groups is 1. The van der Waals surface area contributed by atoms with Crippen molar-refractivity contribution in [3.8, 4) is 0 Å². The van der Waals surface area contributed by atoms with Crippen LogP contribution in [0.15, 0.2) is 46.8 Å². The number of fused-ring (bicyclic) bond motifs is 1. The second-order valence-electron chi connectivity index (χ2n) is 7.47. The van der Waals surface area contributed by atoms with Gasteiger partial charge in [0.05, 0.1) is 16.9 Å². The summed E-state index contributed by atoms with van der Waals surface area (Å²) in [4.78, 5) is 15.9. The highest BCUT2D eigenvalue weighted by atomic mass is 16.4. The summed E-state index contributed by atoms with van der Waals surface area (Å²) < 4.78 is 1.91.